The average Bonchev–Trinajstić information content (AvgIpc) is 2.80. The normalized spacial score (nSPS) is 22.9. The van der Waals surface area contributed by atoms with E-state index in [4.69, 9.17) is 10.5 Å². The minimum absolute atomic E-state index is 0.0113. The Morgan fingerprint density at radius 2 is 2.53 bits per heavy atom. The molecule has 0 bridgehead atoms. The van der Waals surface area contributed by atoms with E-state index >= 15 is 0 Å². The molecule has 0 radical (unpaired) electrons. The topological polar surface area (TPSA) is 61.0 Å². The minimum Gasteiger partial charge on any atom is -0.378 e. The van der Waals surface area contributed by atoms with Crippen LogP contribution in [-0.2, 0) is 4.74 Å². The van der Waals surface area contributed by atoms with E-state index in [0.717, 1.165) is 25.1 Å². The summed E-state index contributed by atoms with van der Waals surface area (Å²) >= 11 is 0. The van der Waals surface area contributed by atoms with Gasteiger partial charge < -0.3 is 10.5 Å². The summed E-state index contributed by atoms with van der Waals surface area (Å²) in [6.45, 7) is 0.910. The first-order valence-corrected chi connectivity index (χ1v) is 5.49. The SMILES string of the molecule is NC(CCC1CCCO1)c1ccncn1. The summed E-state index contributed by atoms with van der Waals surface area (Å²) in [5.41, 5.74) is 6.95. The first-order chi connectivity index (χ1) is 7.36. The maximum Gasteiger partial charge on any atom is 0.115 e. The molecule has 2 heterocycles. The molecule has 0 saturated carbocycles. The standard InChI is InChI=1S/C11H17N3O/c12-10(11-5-6-13-8-14-11)4-3-9-2-1-7-15-9/h5-6,8-10H,1-4,7,12H2. The van der Waals surface area contributed by atoms with Crippen molar-refractivity contribution in [2.24, 2.45) is 5.73 Å². The first-order valence-electron chi connectivity index (χ1n) is 5.49. The second-order valence-corrected chi connectivity index (χ2v) is 3.95. The van der Waals surface area contributed by atoms with Gasteiger partial charge in [-0.1, -0.05) is 0 Å². The summed E-state index contributed by atoms with van der Waals surface area (Å²) in [5, 5.41) is 0. The fourth-order valence-corrected chi connectivity index (χ4v) is 1.91. The van der Waals surface area contributed by atoms with E-state index in [1.54, 1.807) is 12.5 Å². The Hall–Kier alpha value is -1.00. The maximum atomic E-state index is 6.03. The Balaban J connectivity index is 1.79. The zero-order valence-corrected chi connectivity index (χ0v) is 8.80. The lowest BCUT2D eigenvalue weighted by Gasteiger charge is -2.13. The van der Waals surface area contributed by atoms with Gasteiger partial charge in [-0.15, -0.1) is 0 Å². The van der Waals surface area contributed by atoms with Crippen molar-refractivity contribution in [1.29, 1.82) is 0 Å². The van der Waals surface area contributed by atoms with E-state index in [1.165, 1.54) is 12.8 Å². The van der Waals surface area contributed by atoms with Crippen molar-refractivity contribution >= 4 is 0 Å². The van der Waals surface area contributed by atoms with Gasteiger partial charge in [-0.2, -0.15) is 0 Å². The largest absolute Gasteiger partial charge is 0.378 e. The van der Waals surface area contributed by atoms with Crippen LogP contribution in [0.15, 0.2) is 18.6 Å². The first kappa shape index (κ1) is 10.5. The number of nitrogens with zero attached hydrogens (tertiary/aromatic N) is 2. The van der Waals surface area contributed by atoms with Crippen molar-refractivity contribution in [3.63, 3.8) is 0 Å². The van der Waals surface area contributed by atoms with Crippen LogP contribution in [0.25, 0.3) is 0 Å². The van der Waals surface area contributed by atoms with E-state index < -0.39 is 0 Å². The highest BCUT2D eigenvalue weighted by Crippen LogP contribution is 2.21. The molecule has 1 aliphatic rings. The van der Waals surface area contributed by atoms with Crippen molar-refractivity contribution < 1.29 is 4.74 Å². The molecule has 4 heteroatoms. The number of hydrogen-bond acceptors (Lipinski definition) is 4. The van der Waals surface area contributed by atoms with Crippen LogP contribution in [0.4, 0.5) is 0 Å². The lowest BCUT2D eigenvalue weighted by molar-refractivity contribution is 0.101. The molecule has 0 aromatic carbocycles. The summed E-state index contributed by atoms with van der Waals surface area (Å²) in [7, 11) is 0. The highest BCUT2D eigenvalue weighted by atomic mass is 16.5. The van der Waals surface area contributed by atoms with Crippen LogP contribution in [0.1, 0.15) is 37.4 Å². The van der Waals surface area contributed by atoms with Crippen LogP contribution in [-0.4, -0.2) is 22.7 Å². The molecule has 82 valence electrons. The Bertz CT molecular complexity index is 285. The Morgan fingerprint density at radius 3 is 3.20 bits per heavy atom. The summed E-state index contributed by atoms with van der Waals surface area (Å²) < 4.78 is 5.55. The van der Waals surface area contributed by atoms with Crippen LogP contribution in [0.2, 0.25) is 0 Å². The fraction of sp³-hybridized carbons (Fsp3) is 0.636. The molecule has 0 spiro atoms. The van der Waals surface area contributed by atoms with Crippen molar-refractivity contribution in [2.45, 2.75) is 37.8 Å². The van der Waals surface area contributed by atoms with Gasteiger partial charge in [-0.3, -0.25) is 0 Å². The van der Waals surface area contributed by atoms with Gasteiger partial charge in [0.2, 0.25) is 0 Å². The van der Waals surface area contributed by atoms with E-state index in [-0.39, 0.29) is 6.04 Å². The second-order valence-electron chi connectivity index (χ2n) is 3.95. The number of aromatic nitrogens is 2. The summed E-state index contributed by atoms with van der Waals surface area (Å²) in [5.74, 6) is 0. The molecule has 1 saturated heterocycles. The van der Waals surface area contributed by atoms with E-state index in [1.807, 2.05) is 6.07 Å². The van der Waals surface area contributed by atoms with Gasteiger partial charge in [-0.05, 0) is 31.7 Å². The Labute approximate surface area is 89.9 Å². The zero-order valence-electron chi connectivity index (χ0n) is 8.80. The molecule has 2 N–H and O–H groups in total. The van der Waals surface area contributed by atoms with Gasteiger partial charge in [0.05, 0.1) is 11.8 Å². The molecule has 4 nitrogen and oxygen atoms in total. The molecular formula is C11H17N3O. The van der Waals surface area contributed by atoms with Gasteiger partial charge in [-0.25, -0.2) is 9.97 Å². The zero-order chi connectivity index (χ0) is 10.5. The molecule has 0 aliphatic carbocycles. The van der Waals surface area contributed by atoms with Crippen LogP contribution in [0, 0.1) is 0 Å². The van der Waals surface area contributed by atoms with Gasteiger partial charge in [0, 0.05) is 18.8 Å². The molecule has 2 unspecified atom stereocenters. The number of rotatable bonds is 4. The smallest absolute Gasteiger partial charge is 0.115 e. The van der Waals surface area contributed by atoms with Crippen molar-refractivity contribution in [3.05, 3.63) is 24.3 Å². The summed E-state index contributed by atoms with van der Waals surface area (Å²) in [6, 6.07) is 1.89. The van der Waals surface area contributed by atoms with Crippen LogP contribution >= 0.6 is 0 Å². The van der Waals surface area contributed by atoms with Crippen LogP contribution in [0.5, 0.6) is 0 Å². The second kappa shape index (κ2) is 5.19. The highest BCUT2D eigenvalue weighted by Gasteiger charge is 2.17. The molecule has 2 rings (SSSR count). The number of ether oxygens (including phenoxy) is 1. The third kappa shape index (κ3) is 2.97. The van der Waals surface area contributed by atoms with E-state index in [9.17, 15) is 0 Å². The summed E-state index contributed by atoms with van der Waals surface area (Å²) in [6.07, 6.45) is 8.02. The Kier molecular flexibility index (Phi) is 3.64. The van der Waals surface area contributed by atoms with E-state index in [0.29, 0.717) is 6.10 Å². The molecule has 1 fully saturated rings. The predicted octanol–water partition coefficient (Wildman–Crippen LogP) is 1.44. The lowest BCUT2D eigenvalue weighted by atomic mass is 10.0. The van der Waals surface area contributed by atoms with Gasteiger partial charge in [0.15, 0.2) is 0 Å². The molecule has 0 amide bonds. The third-order valence-corrected chi connectivity index (χ3v) is 2.81. The fourth-order valence-electron chi connectivity index (χ4n) is 1.91. The third-order valence-electron chi connectivity index (χ3n) is 2.81. The maximum absolute atomic E-state index is 6.03. The monoisotopic (exact) mass is 207 g/mol. The van der Waals surface area contributed by atoms with E-state index in [2.05, 4.69) is 9.97 Å². The molecule has 1 aromatic rings. The molecule has 2 atom stereocenters. The van der Waals surface area contributed by atoms with Crippen molar-refractivity contribution in [2.75, 3.05) is 6.61 Å². The molecule has 15 heavy (non-hydrogen) atoms. The summed E-state index contributed by atoms with van der Waals surface area (Å²) in [4.78, 5) is 8.02. The minimum atomic E-state index is 0.0113. The molecule has 1 aromatic heterocycles. The van der Waals surface area contributed by atoms with Gasteiger partial charge in [0.1, 0.15) is 6.33 Å². The van der Waals surface area contributed by atoms with Gasteiger partial charge in [0.25, 0.3) is 0 Å². The highest BCUT2D eigenvalue weighted by molar-refractivity contribution is 5.03. The number of nitrogens with two attached hydrogens (primary N) is 1. The van der Waals surface area contributed by atoms with Crippen LogP contribution < -0.4 is 5.73 Å². The molecule has 1 aliphatic heterocycles. The average molecular weight is 207 g/mol. The van der Waals surface area contributed by atoms with Crippen molar-refractivity contribution in [1.82, 2.24) is 9.97 Å². The van der Waals surface area contributed by atoms with Crippen molar-refractivity contribution in [3.8, 4) is 0 Å². The lowest BCUT2D eigenvalue weighted by Crippen LogP contribution is -2.15. The predicted molar refractivity (Wildman–Crippen MR) is 57.2 cm³/mol. The van der Waals surface area contributed by atoms with Gasteiger partial charge >= 0.3 is 0 Å². The molecular weight excluding hydrogens is 190 g/mol. The Morgan fingerprint density at radius 1 is 1.60 bits per heavy atom. The quantitative estimate of drug-likeness (QED) is 0.811. The number of hydrogen-bond donors (Lipinski definition) is 1. The van der Waals surface area contributed by atoms with Crippen LogP contribution in [0.3, 0.4) is 0 Å².